The summed E-state index contributed by atoms with van der Waals surface area (Å²) in [5, 5.41) is 8.19. The number of hydrogen-bond donors (Lipinski definition) is 0. The molecule has 3 rings (SSSR count). The van der Waals surface area contributed by atoms with Crippen molar-refractivity contribution in [3.05, 3.63) is 24.3 Å². The summed E-state index contributed by atoms with van der Waals surface area (Å²) in [4.78, 5) is 0. The maximum absolute atomic E-state index is 5.99. The fourth-order valence-corrected chi connectivity index (χ4v) is 2.87. The van der Waals surface area contributed by atoms with Gasteiger partial charge in [0.1, 0.15) is 5.52 Å². The second-order valence-electron chi connectivity index (χ2n) is 4.22. The predicted octanol–water partition coefficient (Wildman–Crippen LogP) is 3.34. The van der Waals surface area contributed by atoms with E-state index in [2.05, 4.69) is 10.3 Å². The number of para-hydroxylation sites is 1. The number of hydrogen-bond acceptors (Lipinski definition) is 3. The van der Waals surface area contributed by atoms with Crippen LogP contribution in [-0.4, -0.2) is 25.4 Å². The molecule has 1 aliphatic heterocycles. The van der Waals surface area contributed by atoms with Crippen molar-refractivity contribution in [2.45, 2.75) is 16.4 Å². The van der Waals surface area contributed by atoms with Crippen LogP contribution in [0.4, 0.5) is 0 Å². The van der Waals surface area contributed by atoms with Gasteiger partial charge in [-0.25, -0.2) is 4.68 Å². The summed E-state index contributed by atoms with van der Waals surface area (Å²) in [5.41, 5.74) is 1.68. The van der Waals surface area contributed by atoms with E-state index in [9.17, 15) is 0 Å². The van der Waals surface area contributed by atoms with Gasteiger partial charge < -0.3 is 4.74 Å². The molecule has 18 heavy (non-hydrogen) atoms. The number of nitrogens with zero attached hydrogens (tertiary/aromatic N) is 3. The van der Waals surface area contributed by atoms with Gasteiger partial charge in [-0.1, -0.05) is 52.1 Å². The van der Waals surface area contributed by atoms with Crippen LogP contribution in [0.2, 0.25) is 0 Å². The van der Waals surface area contributed by atoms with Crippen LogP contribution >= 0.6 is 34.8 Å². The Labute approximate surface area is 119 Å². The summed E-state index contributed by atoms with van der Waals surface area (Å²) in [6.07, 6.45) is 0.305. The van der Waals surface area contributed by atoms with Crippen LogP contribution in [0, 0.1) is 5.92 Å². The zero-order valence-corrected chi connectivity index (χ0v) is 11.5. The molecule has 7 heteroatoms. The monoisotopic (exact) mass is 305 g/mol. The van der Waals surface area contributed by atoms with Crippen LogP contribution in [0.25, 0.3) is 11.0 Å². The van der Waals surface area contributed by atoms with Crippen LogP contribution < -0.4 is 0 Å². The first kappa shape index (κ1) is 12.5. The summed E-state index contributed by atoms with van der Waals surface area (Å²) in [6, 6.07) is 7.63. The molecule has 0 unspecified atom stereocenters. The third-order valence-electron chi connectivity index (χ3n) is 3.10. The molecule has 0 N–H and O–H groups in total. The van der Waals surface area contributed by atoms with Crippen LogP contribution in [-0.2, 0) is 4.74 Å². The minimum absolute atomic E-state index is 0.229. The van der Waals surface area contributed by atoms with Crippen molar-refractivity contribution in [3.63, 3.8) is 0 Å². The lowest BCUT2D eigenvalue weighted by molar-refractivity contribution is 0.0257. The van der Waals surface area contributed by atoms with E-state index in [1.165, 1.54) is 0 Å². The van der Waals surface area contributed by atoms with Crippen molar-refractivity contribution in [3.8, 4) is 0 Å². The average molecular weight is 307 g/mol. The Morgan fingerprint density at radius 2 is 2.06 bits per heavy atom. The number of aromatic nitrogens is 3. The van der Waals surface area contributed by atoms with Crippen molar-refractivity contribution in [2.24, 2.45) is 5.92 Å². The molecule has 1 aliphatic rings. The van der Waals surface area contributed by atoms with Crippen LogP contribution in [0.3, 0.4) is 0 Å². The Kier molecular flexibility index (Phi) is 3.14. The molecule has 2 heterocycles. The molecule has 2 atom stereocenters. The molecule has 4 nitrogen and oxygen atoms in total. The minimum atomic E-state index is -1.37. The van der Waals surface area contributed by atoms with Gasteiger partial charge in [0, 0.05) is 6.61 Å². The highest BCUT2D eigenvalue weighted by molar-refractivity contribution is 6.67. The average Bonchev–Trinajstić information content (AvgIpc) is 2.93. The number of halogens is 3. The number of ether oxygens (including phenoxy) is 1. The third kappa shape index (κ3) is 2.07. The van der Waals surface area contributed by atoms with Gasteiger partial charge >= 0.3 is 0 Å². The SMILES string of the molecule is ClC(Cl)(Cl)[C@@H]1CCO[C@@H]1n1nnc2ccccc21. The van der Waals surface area contributed by atoms with Crippen molar-refractivity contribution < 1.29 is 4.74 Å². The normalized spacial score (nSPS) is 24.8. The lowest BCUT2D eigenvalue weighted by Crippen LogP contribution is -2.27. The van der Waals surface area contributed by atoms with Gasteiger partial charge in [0.15, 0.2) is 10.0 Å². The Bertz CT molecular complexity index is 566. The molecule has 1 saturated heterocycles. The van der Waals surface area contributed by atoms with Crippen LogP contribution in [0.1, 0.15) is 12.6 Å². The Hall–Kier alpha value is -0.550. The smallest absolute Gasteiger partial charge is 0.197 e. The first-order chi connectivity index (χ1) is 8.57. The van der Waals surface area contributed by atoms with Crippen LogP contribution in [0.15, 0.2) is 24.3 Å². The molecule has 0 radical (unpaired) electrons. The molecular formula is C11H10Cl3N3O. The summed E-state index contributed by atoms with van der Waals surface area (Å²) in [5.74, 6) is -0.229. The maximum atomic E-state index is 5.99. The molecule has 0 amide bonds. The van der Waals surface area contributed by atoms with Crippen molar-refractivity contribution >= 4 is 45.8 Å². The molecule has 0 bridgehead atoms. The van der Waals surface area contributed by atoms with Gasteiger partial charge in [-0.15, -0.1) is 5.10 Å². The number of fused-ring (bicyclic) bond motifs is 1. The molecule has 0 saturated carbocycles. The predicted molar refractivity (Wildman–Crippen MR) is 70.9 cm³/mol. The highest BCUT2D eigenvalue weighted by Crippen LogP contribution is 2.47. The second kappa shape index (κ2) is 4.53. The van der Waals surface area contributed by atoms with Crippen molar-refractivity contribution in [1.82, 2.24) is 15.0 Å². The Balaban J connectivity index is 2.04. The molecule has 0 spiro atoms. The lowest BCUT2D eigenvalue weighted by Gasteiger charge is -2.24. The summed E-state index contributed by atoms with van der Waals surface area (Å²) < 4.78 is 5.97. The molecular weight excluding hydrogens is 297 g/mol. The van der Waals surface area contributed by atoms with Gasteiger partial charge in [0.25, 0.3) is 0 Å². The van der Waals surface area contributed by atoms with Gasteiger partial charge in [0.05, 0.1) is 11.4 Å². The highest BCUT2D eigenvalue weighted by Gasteiger charge is 2.44. The van der Waals surface area contributed by atoms with Crippen molar-refractivity contribution in [1.29, 1.82) is 0 Å². The summed E-state index contributed by atoms with van der Waals surface area (Å²) in [7, 11) is 0. The fraction of sp³-hybridized carbons (Fsp3) is 0.455. The lowest BCUT2D eigenvalue weighted by atomic mass is 10.1. The maximum Gasteiger partial charge on any atom is 0.197 e. The van der Waals surface area contributed by atoms with E-state index in [-0.39, 0.29) is 12.1 Å². The van der Waals surface area contributed by atoms with Crippen LogP contribution in [0.5, 0.6) is 0 Å². The van der Waals surface area contributed by atoms with E-state index in [4.69, 9.17) is 39.5 Å². The quantitative estimate of drug-likeness (QED) is 0.759. The van der Waals surface area contributed by atoms with E-state index in [1.54, 1.807) is 4.68 Å². The Morgan fingerprint density at radius 3 is 2.83 bits per heavy atom. The van der Waals surface area contributed by atoms with Gasteiger partial charge in [-0.05, 0) is 18.6 Å². The largest absolute Gasteiger partial charge is 0.356 e. The van der Waals surface area contributed by atoms with E-state index < -0.39 is 3.79 Å². The zero-order valence-electron chi connectivity index (χ0n) is 9.26. The van der Waals surface area contributed by atoms with E-state index >= 15 is 0 Å². The van der Waals surface area contributed by atoms with Gasteiger partial charge in [-0.3, -0.25) is 0 Å². The molecule has 1 aromatic carbocycles. The first-order valence-corrected chi connectivity index (χ1v) is 6.69. The van der Waals surface area contributed by atoms with Crippen molar-refractivity contribution in [2.75, 3.05) is 6.61 Å². The van der Waals surface area contributed by atoms with E-state index in [0.29, 0.717) is 13.0 Å². The fourth-order valence-electron chi connectivity index (χ4n) is 2.22. The first-order valence-electron chi connectivity index (χ1n) is 5.55. The zero-order chi connectivity index (χ0) is 12.8. The molecule has 1 aromatic heterocycles. The molecule has 0 aliphatic carbocycles. The summed E-state index contributed by atoms with van der Waals surface area (Å²) >= 11 is 18.0. The number of rotatable bonds is 1. The minimum Gasteiger partial charge on any atom is -0.356 e. The molecule has 1 fully saturated rings. The van der Waals surface area contributed by atoms with E-state index in [1.807, 2.05) is 24.3 Å². The standard InChI is InChI=1S/C11H10Cl3N3O/c12-11(13,14)7-5-6-18-10(7)17-9-4-2-1-3-8(9)15-16-17/h1-4,7,10H,5-6H2/t7-,10+/m1/s1. The van der Waals surface area contributed by atoms with E-state index in [0.717, 1.165) is 11.0 Å². The Morgan fingerprint density at radius 1 is 1.28 bits per heavy atom. The topological polar surface area (TPSA) is 39.9 Å². The van der Waals surface area contributed by atoms with Gasteiger partial charge in [-0.2, -0.15) is 0 Å². The number of benzene rings is 1. The van der Waals surface area contributed by atoms with Gasteiger partial charge in [0.2, 0.25) is 0 Å². The highest BCUT2D eigenvalue weighted by atomic mass is 35.6. The molecule has 2 aromatic rings. The number of alkyl halides is 3. The third-order valence-corrected chi connectivity index (χ3v) is 3.94. The second-order valence-corrected chi connectivity index (χ2v) is 6.59. The molecule has 96 valence electrons. The summed E-state index contributed by atoms with van der Waals surface area (Å²) in [6.45, 7) is 0.553.